The van der Waals surface area contributed by atoms with E-state index in [-0.39, 0.29) is 0 Å². The van der Waals surface area contributed by atoms with Crippen LogP contribution >= 0.6 is 15.9 Å². The second-order valence-corrected chi connectivity index (χ2v) is 3.04. The highest BCUT2D eigenvalue weighted by Gasteiger charge is 2.00. The van der Waals surface area contributed by atoms with Crippen LogP contribution in [0.25, 0.3) is 0 Å². The Balaban J connectivity index is 2.97. The number of benzene rings is 1. The third-order valence-corrected chi connectivity index (χ3v) is 1.98. The summed E-state index contributed by atoms with van der Waals surface area (Å²) in [4.78, 5) is 0. The van der Waals surface area contributed by atoms with Crippen molar-refractivity contribution in [1.82, 2.24) is 0 Å². The van der Waals surface area contributed by atoms with Crippen molar-refractivity contribution in [3.63, 3.8) is 0 Å². The molecular weight excluding hydrogens is 218 g/mol. The second-order valence-electron chi connectivity index (χ2n) is 2.19. The first-order valence-electron chi connectivity index (χ1n) is 3.60. The van der Waals surface area contributed by atoms with Gasteiger partial charge in [-0.2, -0.15) is 5.26 Å². The Hall–Kier alpha value is -1.01. The van der Waals surface area contributed by atoms with Crippen LogP contribution in [0.1, 0.15) is 12.5 Å². The molecule has 12 heavy (non-hydrogen) atoms. The molecule has 1 aromatic carbocycles. The highest BCUT2D eigenvalue weighted by atomic mass is 79.9. The van der Waals surface area contributed by atoms with Crippen LogP contribution in [0.3, 0.4) is 0 Å². The molecule has 0 aliphatic rings. The van der Waals surface area contributed by atoms with Crippen molar-refractivity contribution in [3.8, 4) is 11.8 Å². The normalized spacial score (nSPS) is 9.08. The fraction of sp³-hybridized carbons (Fsp3) is 0.222. The summed E-state index contributed by atoms with van der Waals surface area (Å²) in [5, 5.41) is 8.57. The van der Waals surface area contributed by atoms with Gasteiger partial charge < -0.3 is 4.74 Å². The molecule has 0 aliphatic heterocycles. The number of rotatable bonds is 2. The van der Waals surface area contributed by atoms with Gasteiger partial charge in [-0.15, -0.1) is 0 Å². The first kappa shape index (κ1) is 9.08. The van der Waals surface area contributed by atoms with Crippen molar-refractivity contribution in [1.29, 1.82) is 5.26 Å². The van der Waals surface area contributed by atoms with Crippen molar-refractivity contribution >= 4 is 15.9 Å². The molecule has 2 nitrogen and oxygen atoms in total. The van der Waals surface area contributed by atoms with Gasteiger partial charge in [0.1, 0.15) is 5.75 Å². The molecule has 0 aliphatic carbocycles. The fourth-order valence-electron chi connectivity index (χ4n) is 0.843. The Morgan fingerprint density at radius 3 is 2.83 bits per heavy atom. The zero-order valence-corrected chi connectivity index (χ0v) is 8.26. The summed E-state index contributed by atoms with van der Waals surface area (Å²) in [5.74, 6) is 0.775. The van der Waals surface area contributed by atoms with Crippen molar-refractivity contribution in [2.45, 2.75) is 6.92 Å². The van der Waals surface area contributed by atoms with Crippen LogP contribution in [-0.4, -0.2) is 6.61 Å². The molecule has 0 N–H and O–H groups in total. The highest BCUT2D eigenvalue weighted by Crippen LogP contribution is 2.25. The summed E-state index contributed by atoms with van der Waals surface area (Å²) in [6.07, 6.45) is 0. The van der Waals surface area contributed by atoms with Gasteiger partial charge >= 0.3 is 0 Å². The smallest absolute Gasteiger partial charge is 0.133 e. The first-order valence-corrected chi connectivity index (χ1v) is 4.39. The van der Waals surface area contributed by atoms with E-state index in [1.54, 1.807) is 18.2 Å². The number of hydrogen-bond acceptors (Lipinski definition) is 2. The minimum Gasteiger partial charge on any atom is -0.493 e. The Labute approximate surface area is 79.9 Å². The lowest BCUT2D eigenvalue weighted by atomic mass is 10.2. The third-order valence-electron chi connectivity index (χ3n) is 1.36. The predicted molar refractivity (Wildman–Crippen MR) is 50.0 cm³/mol. The summed E-state index contributed by atoms with van der Waals surface area (Å²) in [6, 6.07) is 7.31. The first-order chi connectivity index (χ1) is 5.77. The molecule has 0 spiro atoms. The molecule has 0 saturated carbocycles. The van der Waals surface area contributed by atoms with E-state index in [1.807, 2.05) is 6.92 Å². The van der Waals surface area contributed by atoms with Crippen LogP contribution in [0.4, 0.5) is 0 Å². The summed E-state index contributed by atoms with van der Waals surface area (Å²) in [6.45, 7) is 2.55. The number of nitriles is 1. The molecule has 0 amide bonds. The summed E-state index contributed by atoms with van der Waals surface area (Å²) >= 11 is 3.31. The van der Waals surface area contributed by atoms with E-state index >= 15 is 0 Å². The number of nitrogens with zero attached hydrogens (tertiary/aromatic N) is 1. The molecule has 0 heterocycles. The largest absolute Gasteiger partial charge is 0.493 e. The van der Waals surface area contributed by atoms with Crippen LogP contribution in [0, 0.1) is 11.3 Å². The number of halogens is 1. The van der Waals surface area contributed by atoms with Crippen molar-refractivity contribution in [2.75, 3.05) is 6.61 Å². The lowest BCUT2D eigenvalue weighted by molar-refractivity contribution is 0.338. The minimum absolute atomic E-state index is 0.629. The molecule has 0 fully saturated rings. The summed E-state index contributed by atoms with van der Waals surface area (Å²) < 4.78 is 6.10. The molecule has 0 saturated heterocycles. The second kappa shape index (κ2) is 4.13. The highest BCUT2D eigenvalue weighted by molar-refractivity contribution is 9.10. The maximum atomic E-state index is 8.57. The van der Waals surface area contributed by atoms with Gasteiger partial charge in [0.25, 0.3) is 0 Å². The van der Waals surface area contributed by atoms with E-state index in [0.717, 1.165) is 10.2 Å². The SMILES string of the molecule is CCOc1ccc(C#N)cc1Br. The Morgan fingerprint density at radius 1 is 1.58 bits per heavy atom. The number of hydrogen-bond donors (Lipinski definition) is 0. The van der Waals surface area contributed by atoms with Crippen molar-refractivity contribution in [3.05, 3.63) is 28.2 Å². The van der Waals surface area contributed by atoms with Crippen LogP contribution in [-0.2, 0) is 0 Å². The zero-order chi connectivity index (χ0) is 8.97. The van der Waals surface area contributed by atoms with Crippen molar-refractivity contribution in [2.24, 2.45) is 0 Å². The van der Waals surface area contributed by atoms with Gasteiger partial charge in [-0.1, -0.05) is 0 Å². The third kappa shape index (κ3) is 1.99. The maximum Gasteiger partial charge on any atom is 0.133 e. The van der Waals surface area contributed by atoms with Gasteiger partial charge in [-0.25, -0.2) is 0 Å². The van der Waals surface area contributed by atoms with Gasteiger partial charge in [0, 0.05) is 0 Å². The van der Waals surface area contributed by atoms with E-state index in [9.17, 15) is 0 Å². The average molecular weight is 226 g/mol. The number of ether oxygens (including phenoxy) is 1. The molecule has 0 radical (unpaired) electrons. The Kier molecular flexibility index (Phi) is 3.12. The Morgan fingerprint density at radius 2 is 2.33 bits per heavy atom. The van der Waals surface area contributed by atoms with Crippen LogP contribution in [0.15, 0.2) is 22.7 Å². The van der Waals surface area contributed by atoms with Gasteiger partial charge in [0.05, 0.1) is 22.7 Å². The predicted octanol–water partition coefficient (Wildman–Crippen LogP) is 2.72. The standard InChI is InChI=1S/C9H8BrNO/c1-2-12-9-4-3-7(6-11)5-8(9)10/h3-5H,2H2,1H3. The molecule has 1 rings (SSSR count). The topological polar surface area (TPSA) is 33.0 Å². The van der Waals surface area contributed by atoms with Gasteiger partial charge in [0.2, 0.25) is 0 Å². The van der Waals surface area contributed by atoms with E-state index < -0.39 is 0 Å². The molecule has 62 valence electrons. The molecule has 3 heteroatoms. The summed E-state index contributed by atoms with van der Waals surface area (Å²) in [5.41, 5.74) is 0.630. The van der Waals surface area contributed by atoms with E-state index in [1.165, 1.54) is 0 Å². The van der Waals surface area contributed by atoms with Gasteiger partial charge in [-0.05, 0) is 41.1 Å². The van der Waals surface area contributed by atoms with E-state index in [2.05, 4.69) is 22.0 Å². The molecule has 0 unspecified atom stereocenters. The monoisotopic (exact) mass is 225 g/mol. The van der Waals surface area contributed by atoms with Crippen LogP contribution in [0.5, 0.6) is 5.75 Å². The molecule has 0 atom stereocenters. The van der Waals surface area contributed by atoms with Crippen LogP contribution < -0.4 is 4.74 Å². The molecular formula is C9H8BrNO. The maximum absolute atomic E-state index is 8.57. The van der Waals surface area contributed by atoms with E-state index in [0.29, 0.717) is 12.2 Å². The van der Waals surface area contributed by atoms with E-state index in [4.69, 9.17) is 10.00 Å². The lowest BCUT2D eigenvalue weighted by Crippen LogP contribution is -1.92. The lowest BCUT2D eigenvalue weighted by Gasteiger charge is -2.04. The molecule has 0 aromatic heterocycles. The minimum atomic E-state index is 0.629. The van der Waals surface area contributed by atoms with Gasteiger partial charge in [-0.3, -0.25) is 0 Å². The fourth-order valence-corrected chi connectivity index (χ4v) is 1.34. The average Bonchev–Trinajstić information content (AvgIpc) is 2.09. The Bertz CT molecular complexity index is 317. The molecule has 1 aromatic rings. The quantitative estimate of drug-likeness (QED) is 0.776. The van der Waals surface area contributed by atoms with Crippen LogP contribution in [0.2, 0.25) is 0 Å². The summed E-state index contributed by atoms with van der Waals surface area (Å²) in [7, 11) is 0. The van der Waals surface area contributed by atoms with Gasteiger partial charge in [0.15, 0.2) is 0 Å². The van der Waals surface area contributed by atoms with Crippen molar-refractivity contribution < 1.29 is 4.74 Å². The molecule has 0 bridgehead atoms. The zero-order valence-electron chi connectivity index (χ0n) is 6.67.